The highest BCUT2D eigenvalue weighted by Gasteiger charge is 2.27. The van der Waals surface area contributed by atoms with Crippen LogP contribution in [-0.4, -0.2) is 50.1 Å². The highest BCUT2D eigenvalue weighted by Crippen LogP contribution is 2.36. The van der Waals surface area contributed by atoms with Crippen LogP contribution in [0.25, 0.3) is 16.5 Å². The lowest BCUT2D eigenvalue weighted by Gasteiger charge is -2.30. The molecule has 7 rings (SSSR count). The third kappa shape index (κ3) is 5.68. The molecular weight excluding hydrogens is 536 g/mol. The number of benzene rings is 3. The first-order valence-corrected chi connectivity index (χ1v) is 15.0. The van der Waals surface area contributed by atoms with Gasteiger partial charge in [0.05, 0.1) is 17.4 Å². The maximum absolute atomic E-state index is 11.9. The van der Waals surface area contributed by atoms with Crippen LogP contribution in [0, 0.1) is 0 Å². The lowest BCUT2D eigenvalue weighted by molar-refractivity contribution is 0.0685. The van der Waals surface area contributed by atoms with E-state index in [1.54, 1.807) is 0 Å². The average Bonchev–Trinajstić information content (AvgIpc) is 3.40. The molecule has 216 valence electrons. The number of nitrogens with zero attached hydrogens (tertiary/aromatic N) is 4. The van der Waals surface area contributed by atoms with Crippen molar-refractivity contribution in [1.29, 1.82) is 0 Å². The topological polar surface area (TPSA) is 80.5 Å². The van der Waals surface area contributed by atoms with Crippen LogP contribution in [-0.2, 0) is 26.0 Å². The molecule has 43 heavy (non-hydrogen) atoms. The minimum absolute atomic E-state index is 0.264. The maximum atomic E-state index is 11.9. The molecule has 0 spiro atoms. The van der Waals surface area contributed by atoms with Crippen molar-refractivity contribution >= 4 is 22.4 Å². The molecule has 3 aromatic carbocycles. The summed E-state index contributed by atoms with van der Waals surface area (Å²) in [4.78, 5) is 23.7. The zero-order valence-electron chi connectivity index (χ0n) is 24.1. The number of fused-ring (bicyclic) bond motifs is 3. The number of aromatic carboxylic acids is 1. The summed E-state index contributed by atoms with van der Waals surface area (Å²) in [6.07, 6.45) is 5.20. The first-order valence-electron chi connectivity index (χ1n) is 15.0. The van der Waals surface area contributed by atoms with Gasteiger partial charge < -0.3 is 19.3 Å². The molecule has 0 unspecified atom stereocenters. The zero-order chi connectivity index (χ0) is 29.2. The Morgan fingerprint density at radius 3 is 2.49 bits per heavy atom. The Bertz CT molecular complexity index is 1810. The largest absolute Gasteiger partial charge is 0.487 e. The van der Waals surface area contributed by atoms with Gasteiger partial charge in [-0.3, -0.25) is 0 Å². The van der Waals surface area contributed by atoms with Gasteiger partial charge >= 0.3 is 5.97 Å². The minimum atomic E-state index is -0.926. The fraction of sp³-hybridized carbons (Fsp3) is 0.250. The van der Waals surface area contributed by atoms with E-state index in [9.17, 15) is 9.90 Å². The van der Waals surface area contributed by atoms with Gasteiger partial charge in [0.1, 0.15) is 23.9 Å². The molecule has 4 heterocycles. The smallest absolute Gasteiger partial charge is 0.354 e. The van der Waals surface area contributed by atoms with Crippen LogP contribution in [0.5, 0.6) is 5.75 Å². The second kappa shape index (κ2) is 11.9. The van der Waals surface area contributed by atoms with Gasteiger partial charge in [-0.05, 0) is 66.6 Å². The van der Waals surface area contributed by atoms with Gasteiger partial charge in [-0.25, -0.2) is 14.8 Å². The summed E-state index contributed by atoms with van der Waals surface area (Å²) < 4.78 is 7.91. The summed E-state index contributed by atoms with van der Waals surface area (Å²) in [5.41, 5.74) is 8.42. The predicted molar refractivity (Wildman–Crippen MR) is 167 cm³/mol. The second-order valence-electron chi connectivity index (χ2n) is 11.3. The van der Waals surface area contributed by atoms with Crippen molar-refractivity contribution in [2.24, 2.45) is 0 Å². The molecule has 2 aliphatic rings. The lowest BCUT2D eigenvalue weighted by atomic mass is 9.90. The summed E-state index contributed by atoms with van der Waals surface area (Å²) in [6.45, 7) is 4.03. The van der Waals surface area contributed by atoms with Gasteiger partial charge in [0.25, 0.3) is 0 Å². The Hall–Kier alpha value is -4.75. The van der Waals surface area contributed by atoms with Crippen molar-refractivity contribution in [3.05, 3.63) is 131 Å². The number of likely N-dealkylation sites (tertiary alicyclic amines) is 1. The van der Waals surface area contributed by atoms with E-state index in [0.717, 1.165) is 79.1 Å². The molecule has 1 fully saturated rings. The molecule has 1 N–H and O–H groups in total. The second-order valence-corrected chi connectivity index (χ2v) is 11.3. The first-order chi connectivity index (χ1) is 21.1. The van der Waals surface area contributed by atoms with Gasteiger partial charge in [0, 0.05) is 37.1 Å². The van der Waals surface area contributed by atoms with E-state index in [1.165, 1.54) is 28.5 Å². The molecule has 2 aromatic heterocycles. The van der Waals surface area contributed by atoms with Crippen molar-refractivity contribution in [1.82, 2.24) is 19.4 Å². The van der Waals surface area contributed by atoms with Crippen LogP contribution in [0.15, 0.2) is 96.7 Å². The fourth-order valence-electron chi connectivity index (χ4n) is 6.34. The summed E-state index contributed by atoms with van der Waals surface area (Å²) in [5.74, 6) is 0.718. The van der Waals surface area contributed by atoms with Gasteiger partial charge in [-0.15, -0.1) is 0 Å². The molecule has 0 radical (unpaired) electrons. The molecule has 7 heteroatoms. The number of pyridine rings is 1. The third-order valence-corrected chi connectivity index (χ3v) is 8.69. The van der Waals surface area contributed by atoms with Crippen molar-refractivity contribution in [2.45, 2.75) is 38.8 Å². The standard InChI is InChI=1S/C36H34N4O3/c41-36(42)33-23-37-35-34(31-7-3-1-5-26(31)18-22-40(33)35)28-16-20-39(21-17-28)19-15-25-9-13-30(14-10-25)43-24-29-12-11-27-6-2-4-8-32(27)38-29/h1-14,23H,15-22,24H2,(H,41,42). The molecule has 0 aliphatic carbocycles. The van der Waals surface area contributed by atoms with Crippen LogP contribution in [0.2, 0.25) is 0 Å². The Morgan fingerprint density at radius 2 is 1.65 bits per heavy atom. The number of imidazole rings is 1. The van der Waals surface area contributed by atoms with Crippen LogP contribution < -0.4 is 4.74 Å². The number of ether oxygens (including phenoxy) is 1. The number of carboxylic acid groups (broad SMARTS) is 1. The number of piperidine rings is 1. The van der Waals surface area contributed by atoms with E-state index in [-0.39, 0.29) is 5.69 Å². The fourth-order valence-corrected chi connectivity index (χ4v) is 6.34. The van der Waals surface area contributed by atoms with E-state index in [1.807, 2.05) is 41.0 Å². The Kier molecular flexibility index (Phi) is 7.47. The number of hydrogen-bond acceptors (Lipinski definition) is 5. The zero-order valence-corrected chi connectivity index (χ0v) is 24.1. The first kappa shape index (κ1) is 27.1. The van der Waals surface area contributed by atoms with Gasteiger partial charge in [0.15, 0.2) is 0 Å². The number of carboxylic acids is 1. The average molecular weight is 571 g/mol. The monoisotopic (exact) mass is 570 g/mol. The van der Waals surface area contributed by atoms with Crippen molar-refractivity contribution in [2.75, 3.05) is 19.6 Å². The number of carbonyl (C=O) groups is 1. The maximum Gasteiger partial charge on any atom is 0.354 e. The highest BCUT2D eigenvalue weighted by atomic mass is 16.5. The number of aromatic nitrogens is 3. The van der Waals surface area contributed by atoms with E-state index >= 15 is 0 Å². The Labute approximate surface area is 251 Å². The lowest BCUT2D eigenvalue weighted by Crippen LogP contribution is -2.33. The predicted octanol–water partition coefficient (Wildman–Crippen LogP) is 6.41. The summed E-state index contributed by atoms with van der Waals surface area (Å²) in [5, 5.41) is 10.9. The van der Waals surface area contributed by atoms with E-state index in [2.05, 4.69) is 58.4 Å². The quantitative estimate of drug-likeness (QED) is 0.244. The molecule has 0 saturated carbocycles. The van der Waals surface area contributed by atoms with Crippen LogP contribution in [0.4, 0.5) is 0 Å². The summed E-state index contributed by atoms with van der Waals surface area (Å²) in [7, 11) is 0. The molecular formula is C36H34N4O3. The molecule has 5 aromatic rings. The molecule has 7 nitrogen and oxygen atoms in total. The summed E-state index contributed by atoms with van der Waals surface area (Å²) in [6, 6.07) is 29.1. The number of rotatable bonds is 7. The van der Waals surface area contributed by atoms with Crippen LogP contribution in [0.1, 0.15) is 51.5 Å². The van der Waals surface area contributed by atoms with Gasteiger partial charge in [-0.1, -0.05) is 66.2 Å². The number of para-hydroxylation sites is 1. The van der Waals surface area contributed by atoms with Gasteiger partial charge in [-0.2, -0.15) is 0 Å². The normalized spacial score (nSPS) is 15.2. The molecule has 2 aliphatic heterocycles. The molecule has 0 amide bonds. The highest BCUT2D eigenvalue weighted by molar-refractivity contribution is 5.88. The minimum Gasteiger partial charge on any atom is -0.487 e. The number of aryl methyl sites for hydroxylation is 1. The molecule has 0 atom stereocenters. The SMILES string of the molecule is O=C(O)c1cnc2n1CCc1ccccc1C2=C1CCN(CCc2ccc(OCc3ccc4ccccc4n3)cc2)CC1. The van der Waals surface area contributed by atoms with Crippen LogP contribution in [0.3, 0.4) is 0 Å². The van der Waals surface area contributed by atoms with Gasteiger partial charge in [0.2, 0.25) is 0 Å². The molecule has 0 bridgehead atoms. The Balaban J connectivity index is 0.981. The van der Waals surface area contributed by atoms with E-state index < -0.39 is 5.97 Å². The molecule has 1 saturated heterocycles. The Morgan fingerprint density at radius 1 is 0.860 bits per heavy atom. The third-order valence-electron chi connectivity index (χ3n) is 8.69. The van der Waals surface area contributed by atoms with Crippen molar-refractivity contribution < 1.29 is 14.6 Å². The van der Waals surface area contributed by atoms with E-state index in [4.69, 9.17) is 9.72 Å². The summed E-state index contributed by atoms with van der Waals surface area (Å²) >= 11 is 0. The van der Waals surface area contributed by atoms with E-state index in [0.29, 0.717) is 13.2 Å². The van der Waals surface area contributed by atoms with Crippen molar-refractivity contribution in [3.8, 4) is 5.75 Å². The van der Waals surface area contributed by atoms with Crippen LogP contribution >= 0.6 is 0 Å². The number of hydrogen-bond donors (Lipinski definition) is 1. The van der Waals surface area contributed by atoms with Crippen molar-refractivity contribution in [3.63, 3.8) is 0 Å².